The number of carboxylic acid groups (broad SMARTS) is 2. The van der Waals surface area contributed by atoms with E-state index in [1.165, 1.54) is 12.2 Å². The summed E-state index contributed by atoms with van der Waals surface area (Å²) >= 11 is 0. The van der Waals surface area contributed by atoms with Gasteiger partial charge in [0.2, 0.25) is 0 Å². The molecule has 1 aliphatic rings. The first kappa shape index (κ1) is 14.4. The molecule has 2 N–H and O–H groups in total. The Hall–Kier alpha value is -1.65. The van der Waals surface area contributed by atoms with Crippen molar-refractivity contribution in [2.45, 2.75) is 39.0 Å². The van der Waals surface area contributed by atoms with Crippen LogP contribution in [-0.4, -0.2) is 27.9 Å². The first-order valence-corrected chi connectivity index (χ1v) is 6.13. The van der Waals surface area contributed by atoms with Gasteiger partial charge in [0.05, 0.1) is 0 Å². The predicted octanol–water partition coefficient (Wildman–Crippen LogP) is 1.87. The topological polar surface area (TPSA) is 91.7 Å². The van der Waals surface area contributed by atoms with Crippen molar-refractivity contribution in [3.05, 3.63) is 12.2 Å². The van der Waals surface area contributed by atoms with E-state index in [0.29, 0.717) is 6.42 Å². The third kappa shape index (κ3) is 2.97. The van der Waals surface area contributed by atoms with Crippen LogP contribution in [0.2, 0.25) is 0 Å². The number of allylic oxidation sites excluding steroid dienone is 2. The average Bonchev–Trinajstić information content (AvgIpc) is 3.02. The molecular formula is C13H18O5. The first-order valence-electron chi connectivity index (χ1n) is 6.13. The second-order valence-electron chi connectivity index (χ2n) is 4.67. The van der Waals surface area contributed by atoms with Gasteiger partial charge >= 0.3 is 11.9 Å². The van der Waals surface area contributed by atoms with Crippen LogP contribution < -0.4 is 0 Å². The van der Waals surface area contributed by atoms with Gasteiger partial charge in [0.15, 0.2) is 11.2 Å². The predicted molar refractivity (Wildman–Crippen MR) is 64.1 cm³/mol. The van der Waals surface area contributed by atoms with Gasteiger partial charge in [-0.15, -0.1) is 0 Å². The number of ketones is 1. The van der Waals surface area contributed by atoms with E-state index in [1.54, 1.807) is 0 Å². The van der Waals surface area contributed by atoms with Gasteiger partial charge < -0.3 is 10.2 Å². The van der Waals surface area contributed by atoms with Gasteiger partial charge in [-0.2, -0.15) is 0 Å². The monoisotopic (exact) mass is 254 g/mol. The van der Waals surface area contributed by atoms with E-state index in [4.69, 9.17) is 10.2 Å². The number of carbonyl (C=O) groups excluding carboxylic acids is 1. The molecule has 1 rings (SSSR count). The molecule has 5 nitrogen and oxygen atoms in total. The van der Waals surface area contributed by atoms with Crippen LogP contribution in [0.4, 0.5) is 0 Å². The summed E-state index contributed by atoms with van der Waals surface area (Å²) < 4.78 is 0. The van der Waals surface area contributed by atoms with Gasteiger partial charge in [0.25, 0.3) is 0 Å². The zero-order valence-electron chi connectivity index (χ0n) is 10.4. The lowest BCUT2D eigenvalue weighted by Crippen LogP contribution is -2.27. The molecule has 0 spiro atoms. The molecular weight excluding hydrogens is 236 g/mol. The van der Waals surface area contributed by atoms with E-state index in [0.717, 1.165) is 19.3 Å². The van der Waals surface area contributed by atoms with Crippen LogP contribution >= 0.6 is 0 Å². The van der Waals surface area contributed by atoms with Crippen LogP contribution in [0.3, 0.4) is 0 Å². The van der Waals surface area contributed by atoms with E-state index in [1.807, 2.05) is 6.92 Å². The summed E-state index contributed by atoms with van der Waals surface area (Å²) in [7, 11) is 0. The standard InChI is InChI=1S/C13H18O5/c1-2-3-4-5-10(14)7-6-9-8-13(9,11(15)16)12(17)18/h6-7,9H,2-5,8H2,1H3,(H,15,16)(H,17,18)/b7-6+. The van der Waals surface area contributed by atoms with Crippen LogP contribution in [0.15, 0.2) is 12.2 Å². The van der Waals surface area contributed by atoms with Crippen LogP contribution in [-0.2, 0) is 14.4 Å². The van der Waals surface area contributed by atoms with Crippen LogP contribution in [0.5, 0.6) is 0 Å². The van der Waals surface area contributed by atoms with Crippen molar-refractivity contribution in [1.29, 1.82) is 0 Å². The highest BCUT2D eigenvalue weighted by molar-refractivity contribution is 6.02. The van der Waals surface area contributed by atoms with Crippen molar-refractivity contribution in [1.82, 2.24) is 0 Å². The second kappa shape index (κ2) is 5.80. The second-order valence-corrected chi connectivity index (χ2v) is 4.67. The molecule has 0 bridgehead atoms. The average molecular weight is 254 g/mol. The number of unbranched alkanes of at least 4 members (excludes halogenated alkanes) is 2. The van der Waals surface area contributed by atoms with Gasteiger partial charge in [-0.25, -0.2) is 0 Å². The SMILES string of the molecule is CCCCCC(=O)/C=C/C1CC1(C(=O)O)C(=O)O. The van der Waals surface area contributed by atoms with Gasteiger partial charge in [0, 0.05) is 12.3 Å². The lowest BCUT2D eigenvalue weighted by molar-refractivity contribution is -0.157. The molecule has 1 saturated carbocycles. The Balaban J connectivity index is 2.48. The molecule has 0 aromatic carbocycles. The third-order valence-electron chi connectivity index (χ3n) is 3.32. The van der Waals surface area contributed by atoms with Crippen molar-refractivity contribution in [3.8, 4) is 0 Å². The number of aliphatic carboxylic acids is 2. The van der Waals surface area contributed by atoms with Crippen molar-refractivity contribution < 1.29 is 24.6 Å². The molecule has 100 valence electrons. The van der Waals surface area contributed by atoms with E-state index in [9.17, 15) is 14.4 Å². The summed E-state index contributed by atoms with van der Waals surface area (Å²) in [6.07, 6.45) is 6.08. The zero-order chi connectivity index (χ0) is 13.8. The fourth-order valence-electron chi connectivity index (χ4n) is 1.96. The van der Waals surface area contributed by atoms with E-state index >= 15 is 0 Å². The Morgan fingerprint density at radius 1 is 1.22 bits per heavy atom. The normalized spacial score (nSPS) is 20.8. The molecule has 1 aliphatic carbocycles. The van der Waals surface area contributed by atoms with Crippen molar-refractivity contribution in [3.63, 3.8) is 0 Å². The number of rotatable bonds is 8. The highest BCUT2D eigenvalue weighted by Crippen LogP contribution is 2.53. The van der Waals surface area contributed by atoms with Gasteiger partial charge in [-0.05, 0) is 18.9 Å². The molecule has 0 amide bonds. The minimum Gasteiger partial charge on any atom is -0.480 e. The largest absolute Gasteiger partial charge is 0.480 e. The Morgan fingerprint density at radius 3 is 2.28 bits per heavy atom. The molecule has 1 fully saturated rings. The fraction of sp³-hybridized carbons (Fsp3) is 0.615. The molecule has 0 aromatic rings. The molecule has 0 heterocycles. The summed E-state index contributed by atoms with van der Waals surface area (Å²) in [6, 6.07) is 0. The maximum Gasteiger partial charge on any atom is 0.321 e. The number of hydrogen-bond donors (Lipinski definition) is 2. The maximum atomic E-state index is 11.4. The Bertz CT molecular complexity index is 369. The lowest BCUT2D eigenvalue weighted by atomic mass is 10.0. The van der Waals surface area contributed by atoms with Crippen molar-refractivity contribution >= 4 is 17.7 Å². The molecule has 18 heavy (non-hydrogen) atoms. The maximum absolute atomic E-state index is 11.4. The highest BCUT2D eigenvalue weighted by Gasteiger charge is 2.65. The Labute approximate surface area is 105 Å². The molecule has 5 heteroatoms. The minimum atomic E-state index is -1.71. The molecule has 1 unspecified atom stereocenters. The summed E-state index contributed by atoms with van der Waals surface area (Å²) in [6.45, 7) is 2.04. The van der Waals surface area contributed by atoms with Gasteiger partial charge in [-0.3, -0.25) is 14.4 Å². The summed E-state index contributed by atoms with van der Waals surface area (Å²) in [5.41, 5.74) is -1.71. The van der Waals surface area contributed by atoms with Crippen LogP contribution in [0.25, 0.3) is 0 Å². The summed E-state index contributed by atoms with van der Waals surface area (Å²) in [5, 5.41) is 17.8. The van der Waals surface area contributed by atoms with Crippen LogP contribution in [0, 0.1) is 11.3 Å². The molecule has 0 aromatic heterocycles. The smallest absolute Gasteiger partial charge is 0.321 e. The quantitative estimate of drug-likeness (QED) is 0.392. The van der Waals surface area contributed by atoms with Crippen molar-refractivity contribution in [2.24, 2.45) is 11.3 Å². The highest BCUT2D eigenvalue weighted by atomic mass is 16.4. The van der Waals surface area contributed by atoms with E-state index in [2.05, 4.69) is 0 Å². The third-order valence-corrected chi connectivity index (χ3v) is 3.32. The Morgan fingerprint density at radius 2 is 1.83 bits per heavy atom. The number of carboxylic acids is 2. The van der Waals surface area contributed by atoms with E-state index < -0.39 is 23.3 Å². The molecule has 0 radical (unpaired) electrons. The van der Waals surface area contributed by atoms with Gasteiger partial charge in [-0.1, -0.05) is 25.8 Å². The minimum absolute atomic E-state index is 0.0659. The molecule has 0 aliphatic heterocycles. The fourth-order valence-corrected chi connectivity index (χ4v) is 1.96. The molecule has 1 atom stereocenters. The van der Waals surface area contributed by atoms with Crippen molar-refractivity contribution in [2.75, 3.05) is 0 Å². The summed E-state index contributed by atoms with van der Waals surface area (Å²) in [5.74, 6) is -3.30. The zero-order valence-corrected chi connectivity index (χ0v) is 10.4. The van der Waals surface area contributed by atoms with Gasteiger partial charge in [0.1, 0.15) is 0 Å². The number of hydrogen-bond acceptors (Lipinski definition) is 3. The van der Waals surface area contributed by atoms with Crippen LogP contribution in [0.1, 0.15) is 39.0 Å². The number of carbonyl (C=O) groups is 3. The Kier molecular flexibility index (Phi) is 4.64. The van der Waals surface area contributed by atoms with E-state index in [-0.39, 0.29) is 12.2 Å². The first-order chi connectivity index (χ1) is 8.45. The summed E-state index contributed by atoms with van der Waals surface area (Å²) in [4.78, 5) is 33.2. The lowest BCUT2D eigenvalue weighted by Gasteiger charge is -2.03. The molecule has 0 saturated heterocycles.